The van der Waals surface area contributed by atoms with Crippen LogP contribution in [0.3, 0.4) is 0 Å². The lowest BCUT2D eigenvalue weighted by Crippen LogP contribution is -2.41. The van der Waals surface area contributed by atoms with Gasteiger partial charge in [0.1, 0.15) is 0 Å². The molecule has 1 aromatic carbocycles. The van der Waals surface area contributed by atoms with Crippen molar-refractivity contribution in [1.82, 2.24) is 25.5 Å². The molecule has 5 heteroatoms. The first-order valence-corrected chi connectivity index (χ1v) is 9.03. The zero-order chi connectivity index (χ0) is 16.4. The van der Waals surface area contributed by atoms with Crippen LogP contribution in [0.2, 0.25) is 0 Å². The van der Waals surface area contributed by atoms with Gasteiger partial charge in [-0.3, -0.25) is 15.5 Å². The van der Waals surface area contributed by atoms with E-state index in [1.54, 1.807) is 0 Å². The van der Waals surface area contributed by atoms with Gasteiger partial charge in [-0.2, -0.15) is 5.10 Å². The Bertz CT molecular complexity index is 654. The average molecular weight is 325 g/mol. The van der Waals surface area contributed by atoms with Gasteiger partial charge in [-0.1, -0.05) is 30.7 Å². The van der Waals surface area contributed by atoms with Gasteiger partial charge in [-0.15, -0.1) is 0 Å². The summed E-state index contributed by atoms with van der Waals surface area (Å²) in [6, 6.07) is 12.0. The minimum atomic E-state index is 0.570. The van der Waals surface area contributed by atoms with E-state index in [9.17, 15) is 0 Å². The summed E-state index contributed by atoms with van der Waals surface area (Å²) < 4.78 is 1.99. The van der Waals surface area contributed by atoms with Crippen LogP contribution >= 0.6 is 0 Å². The van der Waals surface area contributed by atoms with Crippen molar-refractivity contribution in [2.24, 2.45) is 5.92 Å². The summed E-state index contributed by atoms with van der Waals surface area (Å²) in [6.45, 7) is 2.90. The fourth-order valence-corrected chi connectivity index (χ4v) is 4.28. The molecule has 2 fully saturated rings. The van der Waals surface area contributed by atoms with Gasteiger partial charge in [0.15, 0.2) is 0 Å². The second kappa shape index (κ2) is 7.05. The molecule has 1 saturated heterocycles. The van der Waals surface area contributed by atoms with Crippen LogP contribution < -0.4 is 10.9 Å². The van der Waals surface area contributed by atoms with Gasteiger partial charge in [-0.25, -0.2) is 0 Å². The molecule has 2 heterocycles. The predicted molar refractivity (Wildman–Crippen MR) is 95.3 cm³/mol. The number of nitrogens with one attached hydrogen (secondary N) is 2. The van der Waals surface area contributed by atoms with Crippen LogP contribution in [0, 0.1) is 5.92 Å². The molecule has 2 aromatic rings. The number of likely N-dealkylation sites (N-methyl/N-ethyl adjacent to an activating group) is 1. The number of benzene rings is 1. The van der Waals surface area contributed by atoms with E-state index in [0.717, 1.165) is 25.6 Å². The third kappa shape index (κ3) is 3.38. The normalized spacial score (nSPS) is 26.2. The van der Waals surface area contributed by atoms with Gasteiger partial charge in [0.25, 0.3) is 0 Å². The van der Waals surface area contributed by atoms with Crippen LogP contribution in [-0.2, 0) is 13.1 Å². The Morgan fingerprint density at radius 2 is 2.04 bits per heavy atom. The molecular weight excluding hydrogens is 298 g/mol. The molecule has 0 spiro atoms. The highest BCUT2D eigenvalue weighted by molar-refractivity contribution is 5.27. The van der Waals surface area contributed by atoms with Crippen molar-refractivity contribution >= 4 is 0 Å². The Labute approximate surface area is 144 Å². The molecule has 0 bridgehead atoms. The largest absolute Gasteiger partial charge is 0.300 e. The molecule has 1 aliphatic carbocycles. The highest BCUT2D eigenvalue weighted by atomic mass is 15.4. The maximum absolute atomic E-state index is 4.34. The lowest BCUT2D eigenvalue weighted by atomic mass is 9.97. The van der Waals surface area contributed by atoms with Crippen molar-refractivity contribution in [1.29, 1.82) is 0 Å². The van der Waals surface area contributed by atoms with E-state index in [2.05, 4.69) is 52.2 Å². The minimum Gasteiger partial charge on any atom is -0.300 e. The minimum absolute atomic E-state index is 0.570. The van der Waals surface area contributed by atoms with Crippen molar-refractivity contribution in [2.75, 3.05) is 13.6 Å². The summed E-state index contributed by atoms with van der Waals surface area (Å²) in [7, 11) is 2.23. The predicted octanol–water partition coefficient (Wildman–Crippen LogP) is 2.01. The van der Waals surface area contributed by atoms with Crippen molar-refractivity contribution in [3.05, 3.63) is 53.9 Å². The van der Waals surface area contributed by atoms with E-state index >= 15 is 0 Å². The van der Waals surface area contributed by atoms with Gasteiger partial charge in [-0.05, 0) is 43.0 Å². The Kier molecular flexibility index (Phi) is 4.65. The summed E-state index contributed by atoms with van der Waals surface area (Å²) in [6.07, 6.45) is 7.92. The molecule has 3 atom stereocenters. The molecule has 1 aliphatic heterocycles. The summed E-state index contributed by atoms with van der Waals surface area (Å²) in [5.41, 5.74) is 9.76. The number of hydrazine groups is 1. The summed E-state index contributed by atoms with van der Waals surface area (Å²) in [5, 5.41) is 4.34. The number of hydrogen-bond acceptors (Lipinski definition) is 4. The molecule has 2 aliphatic rings. The molecule has 5 nitrogen and oxygen atoms in total. The Morgan fingerprint density at radius 3 is 2.88 bits per heavy atom. The Balaban J connectivity index is 1.39. The lowest BCUT2D eigenvalue weighted by molar-refractivity contribution is 0.262. The van der Waals surface area contributed by atoms with Crippen LogP contribution in [0.1, 0.15) is 30.4 Å². The number of hydrogen-bond donors (Lipinski definition) is 2. The Morgan fingerprint density at radius 1 is 1.17 bits per heavy atom. The number of aromatic nitrogens is 2. The zero-order valence-corrected chi connectivity index (χ0v) is 14.4. The van der Waals surface area contributed by atoms with E-state index < -0.39 is 0 Å². The third-order valence-electron chi connectivity index (χ3n) is 5.50. The van der Waals surface area contributed by atoms with Crippen LogP contribution in [0.25, 0.3) is 0 Å². The van der Waals surface area contributed by atoms with Crippen molar-refractivity contribution in [2.45, 2.75) is 44.4 Å². The van der Waals surface area contributed by atoms with E-state index in [1.165, 1.54) is 30.4 Å². The van der Waals surface area contributed by atoms with E-state index in [-0.39, 0.29) is 0 Å². The summed E-state index contributed by atoms with van der Waals surface area (Å²) in [4.78, 5) is 2.45. The fraction of sp³-hybridized carbons (Fsp3) is 0.526. The molecule has 0 radical (unpaired) electrons. The average Bonchev–Trinajstić information content (AvgIpc) is 3.29. The van der Waals surface area contributed by atoms with Crippen LogP contribution in [0.5, 0.6) is 0 Å². The molecule has 3 unspecified atom stereocenters. The fourth-order valence-electron chi connectivity index (χ4n) is 4.28. The van der Waals surface area contributed by atoms with E-state index in [4.69, 9.17) is 0 Å². The molecule has 2 N–H and O–H groups in total. The number of rotatable bonds is 6. The lowest BCUT2D eigenvalue weighted by Gasteiger charge is -2.25. The Hall–Kier alpha value is -1.69. The van der Waals surface area contributed by atoms with Crippen molar-refractivity contribution < 1.29 is 0 Å². The van der Waals surface area contributed by atoms with Crippen LogP contribution in [0.15, 0.2) is 42.7 Å². The summed E-state index contributed by atoms with van der Waals surface area (Å²) >= 11 is 0. The number of fused-ring (bicyclic) bond motifs is 1. The van der Waals surface area contributed by atoms with Crippen LogP contribution in [-0.4, -0.2) is 40.4 Å². The molecule has 4 rings (SSSR count). The topological polar surface area (TPSA) is 45.1 Å². The van der Waals surface area contributed by atoms with Gasteiger partial charge in [0.2, 0.25) is 0 Å². The second-order valence-corrected chi connectivity index (χ2v) is 7.27. The molecule has 1 aromatic heterocycles. The summed E-state index contributed by atoms with van der Waals surface area (Å²) in [5.74, 6) is 0.798. The zero-order valence-electron chi connectivity index (χ0n) is 14.4. The van der Waals surface area contributed by atoms with Gasteiger partial charge in [0, 0.05) is 37.6 Å². The maximum atomic E-state index is 4.34. The van der Waals surface area contributed by atoms with Crippen molar-refractivity contribution in [3.63, 3.8) is 0 Å². The standard InChI is InChI=1S/C19H27N5/c1-23(14-19-17-8-4-9-18(17)21-22-19)12-15-6-2-3-7-16(15)13-24-11-5-10-20-24/h2-3,5-7,10-11,17-19,21-22H,4,8-9,12-14H2,1H3. The van der Waals surface area contributed by atoms with Crippen LogP contribution in [0.4, 0.5) is 0 Å². The molecule has 128 valence electrons. The quantitative estimate of drug-likeness (QED) is 0.853. The first kappa shape index (κ1) is 15.8. The maximum Gasteiger partial charge on any atom is 0.0662 e. The van der Waals surface area contributed by atoms with Crippen molar-refractivity contribution in [3.8, 4) is 0 Å². The smallest absolute Gasteiger partial charge is 0.0662 e. The first-order valence-electron chi connectivity index (χ1n) is 9.03. The SMILES string of the molecule is CN(Cc1ccccc1Cn1cccn1)CC1NNC2CCCC21. The van der Waals surface area contributed by atoms with Gasteiger partial charge >= 0.3 is 0 Å². The number of nitrogens with zero attached hydrogens (tertiary/aromatic N) is 3. The third-order valence-corrected chi connectivity index (χ3v) is 5.50. The van der Waals surface area contributed by atoms with Gasteiger partial charge in [0.05, 0.1) is 6.54 Å². The molecule has 1 saturated carbocycles. The highest BCUT2D eigenvalue weighted by Crippen LogP contribution is 2.31. The first-order chi connectivity index (χ1) is 11.8. The van der Waals surface area contributed by atoms with Gasteiger partial charge < -0.3 is 4.90 Å². The highest BCUT2D eigenvalue weighted by Gasteiger charge is 2.39. The van der Waals surface area contributed by atoms with E-state index in [1.807, 2.05) is 23.1 Å². The molecule has 0 amide bonds. The second-order valence-electron chi connectivity index (χ2n) is 7.27. The molecular formula is C19H27N5. The molecule has 24 heavy (non-hydrogen) atoms. The van der Waals surface area contributed by atoms with E-state index in [0.29, 0.717) is 12.1 Å². The monoisotopic (exact) mass is 325 g/mol.